The second kappa shape index (κ2) is 7.99. The van der Waals surface area contributed by atoms with Crippen molar-refractivity contribution in [3.05, 3.63) is 146 Å². The van der Waals surface area contributed by atoms with E-state index >= 15 is 0 Å². The van der Waals surface area contributed by atoms with Gasteiger partial charge in [-0.05, 0) is 57.3 Å². The summed E-state index contributed by atoms with van der Waals surface area (Å²) in [7, 11) is 0. The van der Waals surface area contributed by atoms with E-state index in [1.54, 1.807) is 0 Å². The Hall–Kier alpha value is -5.60. The minimum absolute atomic E-state index is 1.21. The third-order valence-electron chi connectivity index (χ3n) is 9.21. The summed E-state index contributed by atoms with van der Waals surface area (Å²) >= 11 is 0. The van der Waals surface area contributed by atoms with E-state index in [1.807, 2.05) is 0 Å². The number of aromatic nitrogens is 2. The topological polar surface area (TPSA) is 8.82 Å². The molecule has 3 aromatic heterocycles. The second-order valence-electron chi connectivity index (χ2n) is 11.3. The van der Waals surface area contributed by atoms with Gasteiger partial charge in [0.15, 0.2) is 0 Å². The summed E-state index contributed by atoms with van der Waals surface area (Å²) < 4.78 is 5.07. The van der Waals surface area contributed by atoms with Crippen LogP contribution in [0.15, 0.2) is 146 Å². The molecule has 10 rings (SSSR count). The molecule has 0 saturated heterocycles. The predicted octanol–water partition coefficient (Wildman–Crippen LogP) is 10.7. The van der Waals surface area contributed by atoms with Crippen molar-refractivity contribution in [2.24, 2.45) is 0 Å². The van der Waals surface area contributed by atoms with Crippen molar-refractivity contribution in [3.63, 3.8) is 0 Å². The zero-order valence-electron chi connectivity index (χ0n) is 22.8. The maximum absolute atomic E-state index is 2.54. The Kier molecular flexibility index (Phi) is 4.21. The highest BCUT2D eigenvalue weighted by Crippen LogP contribution is 2.48. The van der Waals surface area contributed by atoms with Gasteiger partial charge in [-0.15, -0.1) is 0 Å². The molecule has 0 N–H and O–H groups in total. The van der Waals surface area contributed by atoms with Crippen LogP contribution in [0.5, 0.6) is 0 Å². The van der Waals surface area contributed by atoms with E-state index in [4.69, 9.17) is 0 Å². The van der Waals surface area contributed by atoms with Crippen molar-refractivity contribution in [1.82, 2.24) is 8.80 Å². The van der Waals surface area contributed by atoms with Gasteiger partial charge in [-0.3, -0.25) is 0 Å². The van der Waals surface area contributed by atoms with Gasteiger partial charge in [-0.1, -0.05) is 121 Å². The normalized spacial score (nSPS) is 12.3. The molecule has 2 heteroatoms. The molecule has 0 aliphatic rings. The van der Waals surface area contributed by atoms with Crippen LogP contribution in [0.1, 0.15) is 0 Å². The molecule has 3 heterocycles. The monoisotopic (exact) mass is 532 g/mol. The standard InChI is InChI=1S/C40H24N2/c1-3-13-25(14-4-1)31-23-35-36(24-32(31)26-15-5-2-6-16-26)42-34-22-12-10-20-30(34)38-28-18-8-7-17-27(28)37-29-19-9-11-21-33(29)41(35)39(37)40(38)42/h1-24H. The molecule has 0 fully saturated rings. The largest absolute Gasteiger partial charge is 0.305 e. The van der Waals surface area contributed by atoms with E-state index in [-0.39, 0.29) is 0 Å². The summed E-state index contributed by atoms with van der Waals surface area (Å²) in [5.41, 5.74) is 12.4. The summed E-state index contributed by atoms with van der Waals surface area (Å²) in [6.45, 7) is 0. The first-order valence-electron chi connectivity index (χ1n) is 14.5. The lowest BCUT2D eigenvalue weighted by Gasteiger charge is -2.17. The number of fused-ring (bicyclic) bond motifs is 12. The molecule has 42 heavy (non-hydrogen) atoms. The van der Waals surface area contributed by atoms with E-state index in [0.29, 0.717) is 0 Å². The smallest absolute Gasteiger partial charge is 0.0796 e. The lowest BCUT2D eigenvalue weighted by Crippen LogP contribution is -1.99. The molecule has 0 saturated carbocycles. The summed E-state index contributed by atoms with van der Waals surface area (Å²) in [5, 5.41) is 7.87. The van der Waals surface area contributed by atoms with Crippen molar-refractivity contribution in [2.75, 3.05) is 0 Å². The molecule has 10 aromatic rings. The summed E-state index contributed by atoms with van der Waals surface area (Å²) in [4.78, 5) is 0. The fraction of sp³-hybridized carbons (Fsp3) is 0. The van der Waals surface area contributed by atoms with Crippen LogP contribution < -0.4 is 0 Å². The fourth-order valence-corrected chi connectivity index (χ4v) is 7.54. The molecule has 0 aliphatic heterocycles. The van der Waals surface area contributed by atoms with Crippen molar-refractivity contribution in [3.8, 4) is 22.3 Å². The van der Waals surface area contributed by atoms with Crippen LogP contribution in [0.25, 0.3) is 87.7 Å². The average molecular weight is 533 g/mol. The highest BCUT2D eigenvalue weighted by molar-refractivity contribution is 6.37. The van der Waals surface area contributed by atoms with E-state index in [1.165, 1.54) is 87.7 Å². The van der Waals surface area contributed by atoms with Gasteiger partial charge in [0.25, 0.3) is 0 Å². The van der Waals surface area contributed by atoms with E-state index in [0.717, 1.165) is 0 Å². The molecule has 0 bridgehead atoms. The highest BCUT2D eigenvalue weighted by atomic mass is 15.0. The molecule has 194 valence electrons. The SMILES string of the molecule is c1ccc(-c2cc3c(cc2-c2ccccc2)n2c4ccccc4c4c5ccccc5c5c6ccccc6n3c5c42)cc1. The molecule has 0 radical (unpaired) electrons. The van der Waals surface area contributed by atoms with Gasteiger partial charge in [-0.25, -0.2) is 0 Å². The quantitative estimate of drug-likeness (QED) is 0.196. The van der Waals surface area contributed by atoms with Crippen LogP contribution in [-0.4, -0.2) is 8.80 Å². The summed E-state index contributed by atoms with van der Waals surface area (Å²) in [6.07, 6.45) is 0. The third-order valence-corrected chi connectivity index (χ3v) is 9.21. The first kappa shape index (κ1) is 22.1. The molecule has 0 atom stereocenters. The molecule has 0 unspecified atom stereocenters. The van der Waals surface area contributed by atoms with Gasteiger partial charge in [0.2, 0.25) is 0 Å². The lowest BCUT2D eigenvalue weighted by molar-refractivity contribution is 1.26. The van der Waals surface area contributed by atoms with Gasteiger partial charge in [0, 0.05) is 21.5 Å². The van der Waals surface area contributed by atoms with Gasteiger partial charge in [0.05, 0.1) is 33.1 Å². The predicted molar refractivity (Wildman–Crippen MR) is 178 cm³/mol. The minimum Gasteiger partial charge on any atom is -0.305 e. The number of nitrogens with zero attached hydrogens (tertiary/aromatic N) is 2. The Morgan fingerprint density at radius 2 is 0.667 bits per heavy atom. The third kappa shape index (κ3) is 2.69. The molecule has 2 nitrogen and oxygen atoms in total. The Morgan fingerprint density at radius 1 is 0.310 bits per heavy atom. The van der Waals surface area contributed by atoms with Gasteiger partial charge >= 0.3 is 0 Å². The molecular weight excluding hydrogens is 508 g/mol. The first-order valence-corrected chi connectivity index (χ1v) is 14.5. The van der Waals surface area contributed by atoms with Crippen LogP contribution in [0.2, 0.25) is 0 Å². The minimum atomic E-state index is 1.21. The number of hydrogen-bond acceptors (Lipinski definition) is 0. The van der Waals surface area contributed by atoms with Crippen LogP contribution in [0.4, 0.5) is 0 Å². The average Bonchev–Trinajstić information content (AvgIpc) is 3.60. The van der Waals surface area contributed by atoms with Crippen molar-refractivity contribution in [1.29, 1.82) is 0 Å². The van der Waals surface area contributed by atoms with Crippen molar-refractivity contribution < 1.29 is 0 Å². The fourth-order valence-electron chi connectivity index (χ4n) is 7.54. The van der Waals surface area contributed by atoms with Gasteiger partial charge < -0.3 is 8.80 Å². The van der Waals surface area contributed by atoms with Crippen molar-refractivity contribution in [2.45, 2.75) is 0 Å². The van der Waals surface area contributed by atoms with E-state index in [9.17, 15) is 0 Å². The Balaban J connectivity index is 1.57. The van der Waals surface area contributed by atoms with Crippen LogP contribution in [0, 0.1) is 0 Å². The molecule has 0 spiro atoms. The number of para-hydroxylation sites is 2. The highest BCUT2D eigenvalue weighted by Gasteiger charge is 2.25. The molecular formula is C40H24N2. The molecule has 0 aliphatic carbocycles. The zero-order chi connectivity index (χ0) is 27.4. The second-order valence-corrected chi connectivity index (χ2v) is 11.3. The van der Waals surface area contributed by atoms with Crippen LogP contribution in [0.3, 0.4) is 0 Å². The van der Waals surface area contributed by atoms with Gasteiger partial charge in [0.1, 0.15) is 0 Å². The van der Waals surface area contributed by atoms with E-state index in [2.05, 4.69) is 154 Å². The molecule has 0 amide bonds. The molecule has 7 aromatic carbocycles. The lowest BCUT2D eigenvalue weighted by atomic mass is 9.93. The first-order chi connectivity index (χ1) is 20.9. The van der Waals surface area contributed by atoms with E-state index < -0.39 is 0 Å². The van der Waals surface area contributed by atoms with Gasteiger partial charge in [-0.2, -0.15) is 0 Å². The van der Waals surface area contributed by atoms with Crippen molar-refractivity contribution >= 4 is 65.4 Å². The number of benzene rings is 7. The Labute approximate surface area is 241 Å². The van der Waals surface area contributed by atoms with Crippen LogP contribution in [-0.2, 0) is 0 Å². The zero-order valence-corrected chi connectivity index (χ0v) is 22.8. The Bertz CT molecular complexity index is 2470. The maximum Gasteiger partial charge on any atom is 0.0796 e. The number of hydrogen-bond donors (Lipinski definition) is 0. The van der Waals surface area contributed by atoms with Crippen LogP contribution >= 0.6 is 0 Å². The summed E-state index contributed by atoms with van der Waals surface area (Å²) in [5.74, 6) is 0. The summed E-state index contributed by atoms with van der Waals surface area (Å²) in [6, 6.07) is 53.3. The Morgan fingerprint density at radius 3 is 1.10 bits per heavy atom. The number of rotatable bonds is 2. The maximum atomic E-state index is 2.54.